The van der Waals surface area contributed by atoms with Crippen molar-refractivity contribution in [2.75, 3.05) is 58.9 Å². The van der Waals surface area contributed by atoms with Gasteiger partial charge >= 0.3 is 11.8 Å². The Hall–Kier alpha value is -1.67. The summed E-state index contributed by atoms with van der Waals surface area (Å²) in [5.41, 5.74) is 0. The molecule has 2 saturated heterocycles. The molecule has 2 fully saturated rings. The lowest BCUT2D eigenvalue weighted by Gasteiger charge is -2.26. The van der Waals surface area contributed by atoms with E-state index in [0.717, 1.165) is 45.7 Å². The van der Waals surface area contributed by atoms with Gasteiger partial charge in [0, 0.05) is 65.3 Å². The van der Waals surface area contributed by atoms with Gasteiger partial charge in [-0.3, -0.25) is 19.3 Å². The summed E-state index contributed by atoms with van der Waals surface area (Å²) in [4.78, 5) is 38.8. The minimum absolute atomic E-state index is 0.182. The number of rotatable bonds is 7. The first kappa shape index (κ1) is 17.7. The van der Waals surface area contributed by atoms with Crippen molar-refractivity contribution >= 4 is 17.7 Å². The van der Waals surface area contributed by atoms with Crippen molar-refractivity contribution in [2.45, 2.75) is 19.3 Å². The highest BCUT2D eigenvalue weighted by Crippen LogP contribution is 2.09. The van der Waals surface area contributed by atoms with Crippen LogP contribution < -0.4 is 16.0 Å². The number of nitrogens with one attached hydrogen (secondary N) is 3. The molecule has 3 amide bonds. The van der Waals surface area contributed by atoms with Gasteiger partial charge in [0.1, 0.15) is 0 Å². The standard InChI is InChI=1S/C15H27N5O3/c21-13-3-1-8-20(13)9-2-4-17-14(22)15(23)18-7-12-19-10-5-16-6-11-19/h16H,1-12H2,(H,17,22)(H,18,23). The summed E-state index contributed by atoms with van der Waals surface area (Å²) in [5.74, 6) is -1.00. The highest BCUT2D eigenvalue weighted by atomic mass is 16.2. The van der Waals surface area contributed by atoms with E-state index in [2.05, 4.69) is 20.9 Å². The van der Waals surface area contributed by atoms with Crippen molar-refractivity contribution in [1.82, 2.24) is 25.8 Å². The average Bonchev–Trinajstić information content (AvgIpc) is 2.97. The van der Waals surface area contributed by atoms with E-state index in [1.54, 1.807) is 4.90 Å². The number of likely N-dealkylation sites (tertiary alicyclic amines) is 1. The van der Waals surface area contributed by atoms with Crippen LogP contribution in [0.1, 0.15) is 19.3 Å². The maximum Gasteiger partial charge on any atom is 0.309 e. The van der Waals surface area contributed by atoms with Crippen molar-refractivity contribution in [1.29, 1.82) is 0 Å². The molecule has 23 heavy (non-hydrogen) atoms. The molecule has 0 atom stereocenters. The first-order valence-corrected chi connectivity index (χ1v) is 8.43. The number of amides is 3. The van der Waals surface area contributed by atoms with E-state index in [-0.39, 0.29) is 5.91 Å². The minimum Gasteiger partial charge on any atom is -0.348 e. The highest BCUT2D eigenvalue weighted by Gasteiger charge is 2.19. The molecule has 0 aromatic carbocycles. The van der Waals surface area contributed by atoms with Crippen molar-refractivity contribution in [3.63, 3.8) is 0 Å². The number of hydrogen-bond donors (Lipinski definition) is 3. The largest absolute Gasteiger partial charge is 0.348 e. The van der Waals surface area contributed by atoms with Crippen LogP contribution in [0.5, 0.6) is 0 Å². The summed E-state index contributed by atoms with van der Waals surface area (Å²) in [7, 11) is 0. The van der Waals surface area contributed by atoms with Crippen LogP contribution in [0.15, 0.2) is 0 Å². The summed E-state index contributed by atoms with van der Waals surface area (Å²) >= 11 is 0. The Morgan fingerprint density at radius 3 is 2.35 bits per heavy atom. The van der Waals surface area contributed by atoms with E-state index in [9.17, 15) is 14.4 Å². The molecule has 0 aliphatic carbocycles. The molecule has 0 bridgehead atoms. The molecule has 0 aromatic heterocycles. The van der Waals surface area contributed by atoms with Gasteiger partial charge in [-0.1, -0.05) is 0 Å². The van der Waals surface area contributed by atoms with Crippen LogP contribution in [-0.4, -0.2) is 86.4 Å². The number of piperazine rings is 1. The zero-order valence-electron chi connectivity index (χ0n) is 13.6. The summed E-state index contributed by atoms with van der Waals surface area (Å²) in [5, 5.41) is 8.50. The lowest BCUT2D eigenvalue weighted by Crippen LogP contribution is -2.48. The summed E-state index contributed by atoms with van der Waals surface area (Å²) in [6.45, 7) is 6.97. The quantitative estimate of drug-likeness (QED) is 0.377. The topological polar surface area (TPSA) is 93.8 Å². The van der Waals surface area contributed by atoms with E-state index in [4.69, 9.17) is 0 Å². The Morgan fingerprint density at radius 2 is 1.70 bits per heavy atom. The van der Waals surface area contributed by atoms with Crippen LogP contribution in [0.2, 0.25) is 0 Å². The Kier molecular flexibility index (Phi) is 7.28. The lowest BCUT2D eigenvalue weighted by atomic mass is 10.3. The highest BCUT2D eigenvalue weighted by molar-refractivity contribution is 6.35. The third kappa shape index (κ3) is 6.15. The van der Waals surface area contributed by atoms with Crippen LogP contribution in [-0.2, 0) is 14.4 Å². The second-order valence-corrected chi connectivity index (χ2v) is 5.94. The first-order chi connectivity index (χ1) is 11.2. The normalized spacial score (nSPS) is 19.0. The molecule has 0 spiro atoms. The third-order valence-electron chi connectivity index (χ3n) is 4.19. The van der Waals surface area contributed by atoms with Crippen molar-refractivity contribution in [3.05, 3.63) is 0 Å². The van der Waals surface area contributed by atoms with Crippen LogP contribution in [0.4, 0.5) is 0 Å². The summed E-state index contributed by atoms with van der Waals surface area (Å²) in [6.07, 6.45) is 2.22. The molecular weight excluding hydrogens is 298 g/mol. The Morgan fingerprint density at radius 1 is 1.00 bits per heavy atom. The van der Waals surface area contributed by atoms with Gasteiger partial charge in [0.15, 0.2) is 0 Å². The van der Waals surface area contributed by atoms with Gasteiger partial charge in [0.05, 0.1) is 0 Å². The molecule has 8 heteroatoms. The molecule has 0 unspecified atom stereocenters. The summed E-state index contributed by atoms with van der Waals surface area (Å²) < 4.78 is 0. The predicted octanol–water partition coefficient (Wildman–Crippen LogP) is -1.86. The molecule has 0 saturated carbocycles. The predicted molar refractivity (Wildman–Crippen MR) is 85.8 cm³/mol. The van der Waals surface area contributed by atoms with Crippen LogP contribution in [0.25, 0.3) is 0 Å². The van der Waals surface area contributed by atoms with Crippen LogP contribution in [0, 0.1) is 0 Å². The molecule has 3 N–H and O–H groups in total. The van der Waals surface area contributed by atoms with Crippen LogP contribution in [0.3, 0.4) is 0 Å². The second-order valence-electron chi connectivity index (χ2n) is 5.94. The number of hydrogen-bond acceptors (Lipinski definition) is 5. The Balaban J connectivity index is 1.50. The molecular formula is C15H27N5O3. The monoisotopic (exact) mass is 325 g/mol. The average molecular weight is 325 g/mol. The fraction of sp³-hybridized carbons (Fsp3) is 0.800. The maximum atomic E-state index is 11.7. The van der Waals surface area contributed by atoms with E-state index in [0.29, 0.717) is 32.5 Å². The molecule has 8 nitrogen and oxygen atoms in total. The van der Waals surface area contributed by atoms with Gasteiger partial charge in [-0.15, -0.1) is 0 Å². The fourth-order valence-electron chi connectivity index (χ4n) is 2.84. The Labute approximate surface area is 136 Å². The van der Waals surface area contributed by atoms with Gasteiger partial charge in [-0.2, -0.15) is 0 Å². The van der Waals surface area contributed by atoms with Crippen molar-refractivity contribution < 1.29 is 14.4 Å². The molecule has 2 aliphatic rings. The SMILES string of the molecule is O=C(NCCCN1CCCC1=O)C(=O)NCCN1CCNCC1. The molecule has 130 valence electrons. The van der Waals surface area contributed by atoms with Gasteiger partial charge in [-0.05, 0) is 12.8 Å². The van der Waals surface area contributed by atoms with Crippen LogP contribution >= 0.6 is 0 Å². The zero-order chi connectivity index (χ0) is 16.5. The number of carbonyl (C=O) groups is 3. The molecule has 2 aliphatic heterocycles. The van der Waals surface area contributed by atoms with Gasteiger partial charge in [-0.25, -0.2) is 0 Å². The first-order valence-electron chi connectivity index (χ1n) is 8.43. The van der Waals surface area contributed by atoms with E-state index >= 15 is 0 Å². The van der Waals surface area contributed by atoms with Gasteiger partial charge < -0.3 is 20.9 Å². The summed E-state index contributed by atoms with van der Waals surface area (Å²) in [6, 6.07) is 0. The van der Waals surface area contributed by atoms with E-state index < -0.39 is 11.8 Å². The second kappa shape index (κ2) is 9.46. The van der Waals surface area contributed by atoms with E-state index in [1.165, 1.54) is 0 Å². The smallest absolute Gasteiger partial charge is 0.309 e. The number of nitrogens with zero attached hydrogens (tertiary/aromatic N) is 2. The van der Waals surface area contributed by atoms with Gasteiger partial charge in [0.25, 0.3) is 0 Å². The molecule has 0 aromatic rings. The Bertz CT molecular complexity index is 423. The zero-order valence-corrected chi connectivity index (χ0v) is 13.6. The minimum atomic E-state index is -0.599. The van der Waals surface area contributed by atoms with Gasteiger partial charge in [0.2, 0.25) is 5.91 Å². The molecule has 0 radical (unpaired) electrons. The number of carbonyl (C=O) groups excluding carboxylic acids is 3. The molecule has 2 heterocycles. The van der Waals surface area contributed by atoms with E-state index in [1.807, 2.05) is 0 Å². The molecule has 2 rings (SSSR count). The van der Waals surface area contributed by atoms with Crippen molar-refractivity contribution in [2.24, 2.45) is 0 Å². The maximum absolute atomic E-state index is 11.7. The third-order valence-corrected chi connectivity index (χ3v) is 4.19. The van der Waals surface area contributed by atoms with Crippen molar-refractivity contribution in [3.8, 4) is 0 Å². The lowest BCUT2D eigenvalue weighted by molar-refractivity contribution is -0.139. The fourth-order valence-corrected chi connectivity index (χ4v) is 2.84.